The molecule has 3 nitrogen and oxygen atoms in total. The van der Waals surface area contributed by atoms with Gasteiger partial charge in [-0.05, 0) is 25.8 Å². The minimum atomic E-state index is -0.826. The first-order valence-electron chi connectivity index (χ1n) is 5.38. The first-order chi connectivity index (χ1) is 7.03. The Bertz CT molecular complexity index is 275. The molecule has 0 aromatic heterocycles. The van der Waals surface area contributed by atoms with Gasteiger partial charge in [0.2, 0.25) is 0 Å². The number of ketones is 2. The lowest BCUT2D eigenvalue weighted by atomic mass is 9.75. The molecule has 3 heteroatoms. The van der Waals surface area contributed by atoms with Crippen molar-refractivity contribution in [1.29, 1.82) is 0 Å². The molecule has 0 N–H and O–H groups in total. The van der Waals surface area contributed by atoms with Crippen molar-refractivity contribution in [2.75, 3.05) is 6.61 Å². The Kier molecular flexibility index (Phi) is 3.66. The summed E-state index contributed by atoms with van der Waals surface area (Å²) in [5, 5.41) is 0. The van der Waals surface area contributed by atoms with Crippen LogP contribution >= 0.6 is 0 Å². The second kappa shape index (κ2) is 4.60. The van der Waals surface area contributed by atoms with E-state index in [9.17, 15) is 9.59 Å². The smallest absolute Gasteiger partial charge is 0.147 e. The van der Waals surface area contributed by atoms with E-state index in [1.807, 2.05) is 13.8 Å². The molecule has 0 amide bonds. The van der Waals surface area contributed by atoms with E-state index < -0.39 is 5.41 Å². The topological polar surface area (TPSA) is 43.4 Å². The SMILES string of the molecule is CCO/C=C/C(C)C1(C)C(=O)CCC1=O. The van der Waals surface area contributed by atoms with E-state index in [0.717, 1.165) is 0 Å². The summed E-state index contributed by atoms with van der Waals surface area (Å²) >= 11 is 0. The van der Waals surface area contributed by atoms with Crippen LogP contribution in [0.25, 0.3) is 0 Å². The summed E-state index contributed by atoms with van der Waals surface area (Å²) in [4.78, 5) is 23.4. The molecule has 0 aromatic carbocycles. The quantitative estimate of drug-likeness (QED) is 0.527. The van der Waals surface area contributed by atoms with Crippen LogP contribution in [0, 0.1) is 11.3 Å². The maximum absolute atomic E-state index is 11.7. The molecule has 1 atom stereocenters. The molecule has 1 unspecified atom stereocenters. The molecule has 0 heterocycles. The molecule has 0 aromatic rings. The van der Waals surface area contributed by atoms with E-state index >= 15 is 0 Å². The molecule has 1 aliphatic rings. The van der Waals surface area contributed by atoms with E-state index in [1.54, 1.807) is 19.3 Å². The van der Waals surface area contributed by atoms with Crippen LogP contribution in [-0.2, 0) is 14.3 Å². The van der Waals surface area contributed by atoms with Crippen LogP contribution in [0.4, 0.5) is 0 Å². The Morgan fingerprint density at radius 1 is 1.40 bits per heavy atom. The second-order valence-corrected chi connectivity index (χ2v) is 4.12. The van der Waals surface area contributed by atoms with Gasteiger partial charge in [0.15, 0.2) is 0 Å². The average molecular weight is 210 g/mol. The average Bonchev–Trinajstić information content (AvgIpc) is 2.47. The van der Waals surface area contributed by atoms with Gasteiger partial charge in [-0.25, -0.2) is 0 Å². The van der Waals surface area contributed by atoms with Gasteiger partial charge >= 0.3 is 0 Å². The standard InChI is InChI=1S/C12H18O3/c1-4-15-8-7-9(2)12(3)10(13)5-6-11(12)14/h7-9H,4-6H2,1-3H3/b8-7+. The number of carbonyl (C=O) groups excluding carboxylic acids is 2. The molecule has 1 rings (SSSR count). The Labute approximate surface area is 90.5 Å². The summed E-state index contributed by atoms with van der Waals surface area (Å²) in [6, 6.07) is 0. The number of ether oxygens (including phenoxy) is 1. The maximum atomic E-state index is 11.7. The van der Waals surface area contributed by atoms with Crippen molar-refractivity contribution in [3.8, 4) is 0 Å². The van der Waals surface area contributed by atoms with Gasteiger partial charge in [-0.2, -0.15) is 0 Å². The van der Waals surface area contributed by atoms with Crippen molar-refractivity contribution >= 4 is 11.6 Å². The van der Waals surface area contributed by atoms with Gasteiger partial charge in [0.25, 0.3) is 0 Å². The Morgan fingerprint density at radius 2 is 1.93 bits per heavy atom. The van der Waals surface area contributed by atoms with Crippen molar-refractivity contribution in [3.05, 3.63) is 12.3 Å². The van der Waals surface area contributed by atoms with Crippen LogP contribution < -0.4 is 0 Å². The van der Waals surface area contributed by atoms with Gasteiger partial charge in [-0.3, -0.25) is 9.59 Å². The number of hydrogen-bond acceptors (Lipinski definition) is 3. The second-order valence-electron chi connectivity index (χ2n) is 4.12. The van der Waals surface area contributed by atoms with Crippen molar-refractivity contribution in [2.24, 2.45) is 11.3 Å². The third-order valence-electron chi connectivity index (χ3n) is 3.28. The minimum Gasteiger partial charge on any atom is -0.502 e. The Hall–Kier alpha value is -1.12. The zero-order chi connectivity index (χ0) is 11.5. The number of rotatable bonds is 4. The number of Topliss-reactive ketones (excluding diaryl/α,β-unsaturated/α-hetero) is 2. The van der Waals surface area contributed by atoms with Crippen LogP contribution in [0.3, 0.4) is 0 Å². The van der Waals surface area contributed by atoms with Crippen LogP contribution in [0.5, 0.6) is 0 Å². The molecule has 1 saturated carbocycles. The van der Waals surface area contributed by atoms with E-state index in [1.165, 1.54) is 0 Å². The maximum Gasteiger partial charge on any atom is 0.147 e. The van der Waals surface area contributed by atoms with Crippen LogP contribution in [0.2, 0.25) is 0 Å². The van der Waals surface area contributed by atoms with E-state index in [-0.39, 0.29) is 17.5 Å². The molecule has 1 fully saturated rings. The number of allylic oxidation sites excluding steroid dienone is 1. The summed E-state index contributed by atoms with van der Waals surface area (Å²) in [6.45, 7) is 6.12. The van der Waals surface area contributed by atoms with Crippen molar-refractivity contribution in [3.63, 3.8) is 0 Å². The summed E-state index contributed by atoms with van der Waals surface area (Å²) < 4.78 is 5.08. The lowest BCUT2D eigenvalue weighted by molar-refractivity contribution is -0.135. The highest BCUT2D eigenvalue weighted by Crippen LogP contribution is 2.38. The summed E-state index contributed by atoms with van der Waals surface area (Å²) in [5.74, 6) is 0.0221. The van der Waals surface area contributed by atoms with Crippen molar-refractivity contribution in [1.82, 2.24) is 0 Å². The molecule has 84 valence electrons. The van der Waals surface area contributed by atoms with Crippen LogP contribution in [-0.4, -0.2) is 18.2 Å². The zero-order valence-corrected chi connectivity index (χ0v) is 9.58. The fourth-order valence-corrected chi connectivity index (χ4v) is 1.87. The fourth-order valence-electron chi connectivity index (χ4n) is 1.87. The molecule has 0 saturated heterocycles. The largest absolute Gasteiger partial charge is 0.502 e. The minimum absolute atomic E-state index is 0.0566. The van der Waals surface area contributed by atoms with E-state index in [0.29, 0.717) is 19.4 Å². The first kappa shape index (κ1) is 12.0. The van der Waals surface area contributed by atoms with E-state index in [4.69, 9.17) is 4.74 Å². The lowest BCUT2D eigenvalue weighted by Crippen LogP contribution is -2.35. The molecule has 1 aliphatic carbocycles. The van der Waals surface area contributed by atoms with Crippen LogP contribution in [0.1, 0.15) is 33.6 Å². The predicted molar refractivity (Wildman–Crippen MR) is 57.3 cm³/mol. The highest BCUT2D eigenvalue weighted by atomic mass is 16.5. The third-order valence-corrected chi connectivity index (χ3v) is 3.28. The number of hydrogen-bond donors (Lipinski definition) is 0. The van der Waals surface area contributed by atoms with Gasteiger partial charge in [-0.15, -0.1) is 0 Å². The lowest BCUT2D eigenvalue weighted by Gasteiger charge is -2.25. The molecule has 0 radical (unpaired) electrons. The highest BCUT2D eigenvalue weighted by Gasteiger charge is 2.48. The third kappa shape index (κ3) is 2.11. The zero-order valence-electron chi connectivity index (χ0n) is 9.58. The molecular formula is C12H18O3. The summed E-state index contributed by atoms with van der Waals surface area (Å²) in [7, 11) is 0. The molecule has 0 bridgehead atoms. The Balaban J connectivity index is 2.76. The van der Waals surface area contributed by atoms with Gasteiger partial charge in [0, 0.05) is 12.8 Å². The molecular weight excluding hydrogens is 192 g/mol. The van der Waals surface area contributed by atoms with Crippen molar-refractivity contribution < 1.29 is 14.3 Å². The monoisotopic (exact) mass is 210 g/mol. The summed E-state index contributed by atoms with van der Waals surface area (Å²) in [6.07, 6.45) is 4.16. The molecule has 0 spiro atoms. The normalized spacial score (nSPS) is 22.3. The van der Waals surface area contributed by atoms with Gasteiger partial charge in [0.05, 0.1) is 18.3 Å². The van der Waals surface area contributed by atoms with Gasteiger partial charge < -0.3 is 4.74 Å². The first-order valence-corrected chi connectivity index (χ1v) is 5.38. The molecule has 15 heavy (non-hydrogen) atoms. The highest BCUT2D eigenvalue weighted by molar-refractivity contribution is 6.12. The fraction of sp³-hybridized carbons (Fsp3) is 0.667. The van der Waals surface area contributed by atoms with Crippen molar-refractivity contribution in [2.45, 2.75) is 33.6 Å². The van der Waals surface area contributed by atoms with Gasteiger partial charge in [0.1, 0.15) is 11.6 Å². The van der Waals surface area contributed by atoms with Gasteiger partial charge in [-0.1, -0.05) is 6.92 Å². The number of carbonyl (C=O) groups is 2. The summed E-state index contributed by atoms with van der Waals surface area (Å²) in [5.41, 5.74) is -0.826. The molecule has 0 aliphatic heterocycles. The van der Waals surface area contributed by atoms with Crippen LogP contribution in [0.15, 0.2) is 12.3 Å². The van der Waals surface area contributed by atoms with E-state index in [2.05, 4.69) is 0 Å². The predicted octanol–water partition coefficient (Wildman–Crippen LogP) is 2.11. The Morgan fingerprint density at radius 3 is 2.40 bits per heavy atom.